The Morgan fingerprint density at radius 2 is 2.15 bits per heavy atom. The molecule has 2 aromatic rings. The zero-order valence-corrected chi connectivity index (χ0v) is 13.3. The Kier molecular flexibility index (Phi) is 4.94. The van der Waals surface area contributed by atoms with Crippen molar-refractivity contribution < 1.29 is 4.39 Å². The van der Waals surface area contributed by atoms with E-state index >= 15 is 0 Å². The number of halogens is 2. The standard InChI is InChI=1S/C15H19BrFN3/c1-3-11-9-14(20(4-2)19-11)13(18)8-10-6-5-7-12(17)15(10)16/h5-7,9,13H,3-4,8,18H2,1-2H3. The molecular weight excluding hydrogens is 321 g/mol. The van der Waals surface area contributed by atoms with Gasteiger partial charge in [0, 0.05) is 6.54 Å². The summed E-state index contributed by atoms with van der Waals surface area (Å²) in [4.78, 5) is 0. The molecular formula is C15H19BrFN3. The maximum Gasteiger partial charge on any atom is 0.137 e. The monoisotopic (exact) mass is 339 g/mol. The highest BCUT2D eigenvalue weighted by Crippen LogP contribution is 2.25. The number of aromatic nitrogens is 2. The molecule has 0 saturated carbocycles. The second kappa shape index (κ2) is 6.50. The number of hydrogen-bond acceptors (Lipinski definition) is 2. The van der Waals surface area contributed by atoms with Crippen molar-refractivity contribution in [3.05, 3.63) is 51.5 Å². The van der Waals surface area contributed by atoms with Crippen LogP contribution in [0.15, 0.2) is 28.7 Å². The number of nitrogens with zero attached hydrogens (tertiary/aromatic N) is 2. The lowest BCUT2D eigenvalue weighted by molar-refractivity contribution is 0.561. The molecule has 5 heteroatoms. The van der Waals surface area contributed by atoms with Crippen LogP contribution in [0.25, 0.3) is 0 Å². The summed E-state index contributed by atoms with van der Waals surface area (Å²) in [6, 6.07) is 6.88. The zero-order chi connectivity index (χ0) is 14.7. The highest BCUT2D eigenvalue weighted by molar-refractivity contribution is 9.10. The molecule has 0 aliphatic carbocycles. The summed E-state index contributed by atoms with van der Waals surface area (Å²) in [7, 11) is 0. The second-order valence-corrected chi connectivity index (χ2v) is 5.55. The van der Waals surface area contributed by atoms with Crippen LogP contribution in [0.1, 0.15) is 36.8 Å². The molecule has 0 amide bonds. The van der Waals surface area contributed by atoms with Crippen molar-refractivity contribution in [1.82, 2.24) is 9.78 Å². The first-order valence-corrected chi connectivity index (χ1v) is 7.61. The molecule has 0 aliphatic heterocycles. The Bertz CT molecular complexity index is 595. The van der Waals surface area contributed by atoms with Crippen LogP contribution in [-0.2, 0) is 19.4 Å². The molecule has 0 saturated heterocycles. The molecule has 0 spiro atoms. The number of rotatable bonds is 5. The van der Waals surface area contributed by atoms with E-state index in [9.17, 15) is 4.39 Å². The largest absolute Gasteiger partial charge is 0.322 e. The van der Waals surface area contributed by atoms with E-state index in [-0.39, 0.29) is 11.9 Å². The average Bonchev–Trinajstić information content (AvgIpc) is 2.87. The summed E-state index contributed by atoms with van der Waals surface area (Å²) < 4.78 is 16.0. The van der Waals surface area contributed by atoms with Gasteiger partial charge in [-0.1, -0.05) is 19.1 Å². The van der Waals surface area contributed by atoms with Crippen LogP contribution in [0, 0.1) is 5.82 Å². The predicted molar refractivity (Wildman–Crippen MR) is 82.0 cm³/mol. The first kappa shape index (κ1) is 15.2. The van der Waals surface area contributed by atoms with Crippen molar-refractivity contribution in [2.75, 3.05) is 0 Å². The number of hydrogen-bond donors (Lipinski definition) is 1. The van der Waals surface area contributed by atoms with E-state index in [0.29, 0.717) is 10.9 Å². The molecule has 1 atom stereocenters. The van der Waals surface area contributed by atoms with E-state index in [2.05, 4.69) is 28.0 Å². The molecule has 2 N–H and O–H groups in total. The van der Waals surface area contributed by atoms with Gasteiger partial charge in [0.2, 0.25) is 0 Å². The molecule has 108 valence electrons. The van der Waals surface area contributed by atoms with Crippen molar-refractivity contribution >= 4 is 15.9 Å². The van der Waals surface area contributed by atoms with Crippen molar-refractivity contribution in [2.45, 2.75) is 39.3 Å². The van der Waals surface area contributed by atoms with Crippen LogP contribution in [0.2, 0.25) is 0 Å². The number of benzene rings is 1. The topological polar surface area (TPSA) is 43.8 Å². The van der Waals surface area contributed by atoms with Crippen LogP contribution in [-0.4, -0.2) is 9.78 Å². The summed E-state index contributed by atoms with van der Waals surface area (Å²) in [5.74, 6) is -0.257. The first-order valence-electron chi connectivity index (χ1n) is 6.81. The van der Waals surface area contributed by atoms with Gasteiger partial charge in [0.1, 0.15) is 5.82 Å². The van der Waals surface area contributed by atoms with Gasteiger partial charge in [-0.3, -0.25) is 4.68 Å². The molecule has 3 nitrogen and oxygen atoms in total. The summed E-state index contributed by atoms with van der Waals surface area (Å²) in [5, 5.41) is 4.50. The molecule has 0 fully saturated rings. The molecule has 0 bridgehead atoms. The summed E-state index contributed by atoms with van der Waals surface area (Å²) >= 11 is 3.28. The van der Waals surface area contributed by atoms with E-state index < -0.39 is 0 Å². The van der Waals surface area contributed by atoms with Gasteiger partial charge >= 0.3 is 0 Å². The van der Waals surface area contributed by atoms with Gasteiger partial charge in [0.25, 0.3) is 0 Å². The van der Waals surface area contributed by atoms with Gasteiger partial charge in [0.05, 0.1) is 21.9 Å². The third-order valence-corrected chi connectivity index (χ3v) is 4.26. The predicted octanol–water partition coefficient (Wildman–Crippen LogP) is 3.61. The summed E-state index contributed by atoms with van der Waals surface area (Å²) in [6.07, 6.45) is 1.46. The Morgan fingerprint density at radius 1 is 1.40 bits per heavy atom. The first-order chi connectivity index (χ1) is 9.56. The molecule has 1 heterocycles. The van der Waals surface area contributed by atoms with Gasteiger partial charge in [-0.15, -0.1) is 0 Å². The maximum atomic E-state index is 13.5. The zero-order valence-electron chi connectivity index (χ0n) is 11.7. The highest BCUT2D eigenvalue weighted by atomic mass is 79.9. The Hall–Kier alpha value is -1.20. The Labute approximate surface area is 127 Å². The van der Waals surface area contributed by atoms with Gasteiger partial charge in [0.15, 0.2) is 0 Å². The van der Waals surface area contributed by atoms with Crippen LogP contribution in [0.4, 0.5) is 4.39 Å². The lowest BCUT2D eigenvalue weighted by Gasteiger charge is -2.14. The van der Waals surface area contributed by atoms with Crippen molar-refractivity contribution in [3.8, 4) is 0 Å². The molecule has 1 unspecified atom stereocenters. The van der Waals surface area contributed by atoms with Crippen molar-refractivity contribution in [2.24, 2.45) is 5.73 Å². The smallest absolute Gasteiger partial charge is 0.137 e. The van der Waals surface area contributed by atoms with E-state index in [1.807, 2.05) is 23.7 Å². The molecule has 2 rings (SSSR count). The minimum absolute atomic E-state index is 0.194. The molecule has 20 heavy (non-hydrogen) atoms. The molecule has 0 aliphatic rings. The third-order valence-electron chi connectivity index (χ3n) is 3.37. The minimum Gasteiger partial charge on any atom is -0.322 e. The maximum absolute atomic E-state index is 13.5. The lowest BCUT2D eigenvalue weighted by Crippen LogP contribution is -2.18. The van der Waals surface area contributed by atoms with Gasteiger partial charge in [-0.25, -0.2) is 4.39 Å². The number of nitrogens with two attached hydrogens (primary N) is 1. The quantitative estimate of drug-likeness (QED) is 0.904. The average molecular weight is 340 g/mol. The van der Waals surface area contributed by atoms with Gasteiger partial charge in [-0.2, -0.15) is 5.10 Å². The third kappa shape index (κ3) is 3.10. The highest BCUT2D eigenvalue weighted by Gasteiger charge is 2.16. The van der Waals surface area contributed by atoms with Crippen molar-refractivity contribution in [3.63, 3.8) is 0 Å². The minimum atomic E-state index is -0.257. The number of aryl methyl sites for hydroxylation is 2. The van der Waals surface area contributed by atoms with Crippen LogP contribution >= 0.6 is 15.9 Å². The fourth-order valence-corrected chi connectivity index (χ4v) is 2.69. The van der Waals surface area contributed by atoms with E-state index in [1.165, 1.54) is 6.07 Å². The van der Waals surface area contributed by atoms with E-state index in [1.54, 1.807) is 6.07 Å². The second-order valence-electron chi connectivity index (χ2n) is 4.75. The SMILES string of the molecule is CCc1cc(C(N)Cc2cccc(F)c2Br)n(CC)n1. The molecule has 0 radical (unpaired) electrons. The van der Waals surface area contributed by atoms with Gasteiger partial charge < -0.3 is 5.73 Å². The molecule has 1 aromatic carbocycles. The fraction of sp³-hybridized carbons (Fsp3) is 0.400. The van der Waals surface area contributed by atoms with E-state index in [4.69, 9.17) is 5.73 Å². The van der Waals surface area contributed by atoms with Crippen LogP contribution in [0.5, 0.6) is 0 Å². The Morgan fingerprint density at radius 3 is 2.80 bits per heavy atom. The fourth-order valence-electron chi connectivity index (χ4n) is 2.26. The Balaban J connectivity index is 2.25. The normalized spacial score (nSPS) is 12.7. The van der Waals surface area contributed by atoms with E-state index in [0.717, 1.165) is 29.9 Å². The van der Waals surface area contributed by atoms with Crippen LogP contribution in [0.3, 0.4) is 0 Å². The van der Waals surface area contributed by atoms with Gasteiger partial charge in [-0.05, 0) is 53.4 Å². The molecule has 1 aromatic heterocycles. The van der Waals surface area contributed by atoms with Crippen LogP contribution < -0.4 is 5.73 Å². The summed E-state index contributed by atoms with van der Waals surface area (Å²) in [5.41, 5.74) is 9.20. The van der Waals surface area contributed by atoms with Crippen molar-refractivity contribution in [1.29, 1.82) is 0 Å². The lowest BCUT2D eigenvalue weighted by atomic mass is 10.0. The summed E-state index contributed by atoms with van der Waals surface area (Å²) in [6.45, 7) is 4.90.